The normalized spacial score (nSPS) is 27.8. The van der Waals surface area contributed by atoms with E-state index in [0.717, 1.165) is 0 Å². The summed E-state index contributed by atoms with van der Waals surface area (Å²) in [6.45, 7) is 4.46. The Labute approximate surface area is 89.6 Å². The number of methoxy groups -OCH3 is 1. The Kier molecular flexibility index (Phi) is 3.34. The summed E-state index contributed by atoms with van der Waals surface area (Å²) in [5.41, 5.74) is 4.71. The van der Waals surface area contributed by atoms with Crippen LogP contribution in [-0.2, 0) is 14.3 Å². The van der Waals surface area contributed by atoms with Gasteiger partial charge in [0.2, 0.25) is 5.91 Å². The van der Waals surface area contributed by atoms with E-state index >= 15 is 0 Å². The molecule has 1 fully saturated rings. The second-order valence-electron chi connectivity index (χ2n) is 4.31. The molecule has 2 atom stereocenters. The van der Waals surface area contributed by atoms with Crippen LogP contribution in [0.25, 0.3) is 0 Å². The van der Waals surface area contributed by atoms with Crippen molar-refractivity contribution in [2.45, 2.75) is 26.4 Å². The number of nitrogens with zero attached hydrogens (tertiary/aromatic N) is 1. The fourth-order valence-electron chi connectivity index (χ4n) is 1.71. The number of rotatable bonds is 3. The minimum Gasteiger partial charge on any atom is -0.372 e. The fourth-order valence-corrected chi connectivity index (χ4v) is 1.71. The lowest BCUT2D eigenvalue weighted by Gasteiger charge is -2.22. The molecule has 2 N–H and O–H groups in total. The van der Waals surface area contributed by atoms with Gasteiger partial charge in [-0.1, -0.05) is 0 Å². The number of ether oxygens (including phenoxy) is 1. The summed E-state index contributed by atoms with van der Waals surface area (Å²) in [5, 5.41) is 0. The zero-order valence-electron chi connectivity index (χ0n) is 9.45. The zero-order chi connectivity index (χ0) is 11.6. The first-order valence-corrected chi connectivity index (χ1v) is 5.02. The highest BCUT2D eigenvalue weighted by molar-refractivity contribution is 5.85. The average Bonchev–Trinajstić information content (AvgIpc) is 2.60. The van der Waals surface area contributed by atoms with Gasteiger partial charge in [0.05, 0.1) is 5.41 Å². The van der Waals surface area contributed by atoms with Crippen molar-refractivity contribution in [3.63, 3.8) is 0 Å². The maximum absolute atomic E-state index is 11.7. The van der Waals surface area contributed by atoms with Crippen molar-refractivity contribution in [2.75, 3.05) is 20.2 Å². The van der Waals surface area contributed by atoms with Crippen molar-refractivity contribution in [1.29, 1.82) is 0 Å². The van der Waals surface area contributed by atoms with E-state index in [0.29, 0.717) is 19.5 Å². The zero-order valence-corrected chi connectivity index (χ0v) is 9.45. The van der Waals surface area contributed by atoms with Crippen molar-refractivity contribution in [3.8, 4) is 0 Å². The van der Waals surface area contributed by atoms with E-state index in [4.69, 9.17) is 10.5 Å². The molecule has 86 valence electrons. The van der Waals surface area contributed by atoms with Gasteiger partial charge in [-0.05, 0) is 20.3 Å². The first-order chi connectivity index (χ1) is 6.90. The van der Waals surface area contributed by atoms with Crippen LogP contribution in [0.4, 0.5) is 0 Å². The van der Waals surface area contributed by atoms with E-state index < -0.39 is 11.5 Å². The van der Waals surface area contributed by atoms with Crippen molar-refractivity contribution >= 4 is 11.8 Å². The molecule has 0 bridgehead atoms. The molecule has 15 heavy (non-hydrogen) atoms. The van der Waals surface area contributed by atoms with Crippen LogP contribution in [0.15, 0.2) is 0 Å². The molecule has 0 aromatic carbocycles. The largest absolute Gasteiger partial charge is 0.372 e. The number of nitrogens with two attached hydrogens (primary N) is 1. The molecule has 0 aliphatic carbocycles. The van der Waals surface area contributed by atoms with Gasteiger partial charge in [-0.2, -0.15) is 0 Å². The molecule has 1 aliphatic rings. The number of likely N-dealkylation sites (tertiary alicyclic amines) is 1. The molecule has 0 spiro atoms. The summed E-state index contributed by atoms with van der Waals surface area (Å²) in [4.78, 5) is 24.6. The molecular formula is C10H18N2O3. The van der Waals surface area contributed by atoms with Crippen molar-refractivity contribution in [3.05, 3.63) is 0 Å². The molecule has 0 aromatic rings. The third-order valence-corrected chi connectivity index (χ3v) is 3.08. The van der Waals surface area contributed by atoms with Gasteiger partial charge < -0.3 is 15.4 Å². The minimum absolute atomic E-state index is 0.0810. The summed E-state index contributed by atoms with van der Waals surface area (Å²) < 4.78 is 4.95. The van der Waals surface area contributed by atoms with Crippen LogP contribution in [0.5, 0.6) is 0 Å². The number of hydrogen-bond donors (Lipinski definition) is 1. The predicted molar refractivity (Wildman–Crippen MR) is 55.0 cm³/mol. The van der Waals surface area contributed by atoms with E-state index in [9.17, 15) is 9.59 Å². The molecule has 1 aliphatic heterocycles. The summed E-state index contributed by atoms with van der Waals surface area (Å²) in [5.74, 6) is -0.426. The number of amides is 2. The topological polar surface area (TPSA) is 72.6 Å². The Hall–Kier alpha value is -1.10. The Bertz CT molecular complexity index is 280. The lowest BCUT2D eigenvalue weighted by atomic mass is 9.89. The van der Waals surface area contributed by atoms with Crippen molar-refractivity contribution in [1.82, 2.24) is 4.90 Å². The summed E-state index contributed by atoms with van der Waals surface area (Å²) in [7, 11) is 1.49. The van der Waals surface area contributed by atoms with Gasteiger partial charge in [-0.15, -0.1) is 0 Å². The summed E-state index contributed by atoms with van der Waals surface area (Å²) >= 11 is 0. The number of primary amides is 1. The molecule has 1 rings (SSSR count). The molecule has 2 amide bonds. The quantitative estimate of drug-likeness (QED) is 0.703. The summed E-state index contributed by atoms with van der Waals surface area (Å²) in [6.07, 6.45) is 0.171. The monoisotopic (exact) mass is 214 g/mol. The number of hydrogen-bond acceptors (Lipinski definition) is 3. The fraction of sp³-hybridized carbons (Fsp3) is 0.800. The third-order valence-electron chi connectivity index (χ3n) is 3.08. The van der Waals surface area contributed by atoms with E-state index in [-0.39, 0.29) is 11.8 Å². The SMILES string of the molecule is COC(C)C(=O)N1CCC(C)(C(N)=O)C1. The predicted octanol–water partition coefficient (Wildman–Crippen LogP) is -0.255. The van der Waals surface area contributed by atoms with Gasteiger partial charge in [0.15, 0.2) is 0 Å². The first kappa shape index (κ1) is 12.0. The molecule has 1 saturated heterocycles. The van der Waals surface area contributed by atoms with Crippen molar-refractivity contribution < 1.29 is 14.3 Å². The van der Waals surface area contributed by atoms with E-state index in [1.807, 2.05) is 0 Å². The Morgan fingerprint density at radius 1 is 1.53 bits per heavy atom. The van der Waals surface area contributed by atoms with Crippen LogP contribution in [0.1, 0.15) is 20.3 Å². The Morgan fingerprint density at radius 3 is 2.53 bits per heavy atom. The number of carbonyl (C=O) groups is 2. The molecular weight excluding hydrogens is 196 g/mol. The van der Waals surface area contributed by atoms with Crippen LogP contribution in [0.3, 0.4) is 0 Å². The molecule has 0 radical (unpaired) electrons. The Morgan fingerprint density at radius 2 is 2.13 bits per heavy atom. The van der Waals surface area contributed by atoms with Gasteiger partial charge in [0.25, 0.3) is 5.91 Å². The minimum atomic E-state index is -0.580. The molecule has 5 nitrogen and oxygen atoms in total. The van der Waals surface area contributed by atoms with Crippen LogP contribution >= 0.6 is 0 Å². The van der Waals surface area contributed by atoms with Gasteiger partial charge in [-0.25, -0.2) is 0 Å². The van der Waals surface area contributed by atoms with Gasteiger partial charge >= 0.3 is 0 Å². The van der Waals surface area contributed by atoms with E-state index in [1.54, 1.807) is 18.7 Å². The van der Waals surface area contributed by atoms with Crippen LogP contribution < -0.4 is 5.73 Å². The van der Waals surface area contributed by atoms with Gasteiger partial charge in [0, 0.05) is 20.2 Å². The first-order valence-electron chi connectivity index (χ1n) is 5.02. The average molecular weight is 214 g/mol. The molecule has 1 heterocycles. The highest BCUT2D eigenvalue weighted by Gasteiger charge is 2.41. The maximum atomic E-state index is 11.7. The van der Waals surface area contributed by atoms with E-state index in [1.165, 1.54) is 7.11 Å². The second kappa shape index (κ2) is 4.18. The second-order valence-corrected chi connectivity index (χ2v) is 4.31. The molecule has 2 unspecified atom stereocenters. The standard InChI is InChI=1S/C10H18N2O3/c1-7(15-3)8(13)12-5-4-10(2,6-12)9(11)14/h7H,4-6H2,1-3H3,(H2,11,14). The van der Waals surface area contributed by atoms with Gasteiger partial charge in [-0.3, -0.25) is 9.59 Å². The maximum Gasteiger partial charge on any atom is 0.251 e. The third kappa shape index (κ3) is 2.28. The molecule has 0 aromatic heterocycles. The lowest BCUT2D eigenvalue weighted by molar-refractivity contribution is -0.140. The highest BCUT2D eigenvalue weighted by atomic mass is 16.5. The molecule has 5 heteroatoms. The van der Waals surface area contributed by atoms with Crippen molar-refractivity contribution in [2.24, 2.45) is 11.1 Å². The summed E-state index contributed by atoms with van der Waals surface area (Å²) in [6, 6.07) is 0. The smallest absolute Gasteiger partial charge is 0.251 e. The highest BCUT2D eigenvalue weighted by Crippen LogP contribution is 2.29. The van der Waals surface area contributed by atoms with Crippen LogP contribution in [-0.4, -0.2) is 43.0 Å². The van der Waals surface area contributed by atoms with E-state index in [2.05, 4.69) is 0 Å². The Balaban J connectivity index is 2.64. The van der Waals surface area contributed by atoms with Crippen LogP contribution in [0.2, 0.25) is 0 Å². The van der Waals surface area contributed by atoms with Gasteiger partial charge in [0.1, 0.15) is 6.10 Å². The lowest BCUT2D eigenvalue weighted by Crippen LogP contribution is -2.41. The molecule has 0 saturated carbocycles. The van der Waals surface area contributed by atoms with Crippen LogP contribution in [0, 0.1) is 5.41 Å². The number of carbonyl (C=O) groups excluding carboxylic acids is 2.